The predicted octanol–water partition coefficient (Wildman–Crippen LogP) is 4.62. The van der Waals surface area contributed by atoms with Gasteiger partial charge in [-0.25, -0.2) is 0 Å². The Hall–Kier alpha value is -0.0400. The van der Waals surface area contributed by atoms with Crippen LogP contribution in [-0.2, 0) is 0 Å². The van der Waals surface area contributed by atoms with E-state index in [-0.39, 0.29) is 0 Å². The first-order valence-corrected chi connectivity index (χ1v) is 8.02. The summed E-state index contributed by atoms with van der Waals surface area (Å²) >= 11 is 0. The summed E-state index contributed by atoms with van der Waals surface area (Å²) in [6.07, 6.45) is 7.03. The van der Waals surface area contributed by atoms with Gasteiger partial charge in [-0.15, -0.1) is 0 Å². The molecule has 0 spiro atoms. The van der Waals surface area contributed by atoms with Crippen LogP contribution >= 0.6 is 0 Å². The highest BCUT2D eigenvalue weighted by atomic mass is 15.0. The van der Waals surface area contributed by atoms with E-state index in [1.807, 2.05) is 0 Å². The van der Waals surface area contributed by atoms with Crippen molar-refractivity contribution in [1.29, 1.82) is 0 Å². The largest absolute Gasteiger partial charge is 0.310 e. The van der Waals surface area contributed by atoms with Crippen molar-refractivity contribution >= 4 is 0 Å². The second-order valence-electron chi connectivity index (χ2n) is 8.39. The van der Waals surface area contributed by atoms with Gasteiger partial charge in [0.2, 0.25) is 0 Å². The lowest BCUT2D eigenvalue weighted by Gasteiger charge is -2.44. The molecule has 0 amide bonds. The zero-order chi connectivity index (χ0) is 13.6. The standard InChI is InChI=1S/C17H33N/c1-12(2)7-8-13(3)18-15-16(4,5)14-9-10-17(15,6)11-14/h12-15,18H,7-11H2,1-6H3. The Morgan fingerprint density at radius 2 is 1.78 bits per heavy atom. The first-order chi connectivity index (χ1) is 8.25. The minimum Gasteiger partial charge on any atom is -0.310 e. The van der Waals surface area contributed by atoms with E-state index in [9.17, 15) is 0 Å². The first kappa shape index (κ1) is 14.4. The fraction of sp³-hybridized carbons (Fsp3) is 1.00. The summed E-state index contributed by atoms with van der Waals surface area (Å²) in [7, 11) is 0. The van der Waals surface area contributed by atoms with Gasteiger partial charge in [-0.05, 0) is 61.7 Å². The van der Waals surface area contributed by atoms with Crippen molar-refractivity contribution in [3.05, 3.63) is 0 Å². The maximum Gasteiger partial charge on any atom is 0.0177 e. The molecular formula is C17H33N. The molecule has 0 heterocycles. The Balaban J connectivity index is 1.96. The molecule has 1 N–H and O–H groups in total. The van der Waals surface area contributed by atoms with Gasteiger partial charge in [0.1, 0.15) is 0 Å². The van der Waals surface area contributed by atoms with Crippen LogP contribution in [0.15, 0.2) is 0 Å². The van der Waals surface area contributed by atoms with E-state index >= 15 is 0 Å². The van der Waals surface area contributed by atoms with Gasteiger partial charge >= 0.3 is 0 Å². The smallest absolute Gasteiger partial charge is 0.0177 e. The SMILES string of the molecule is CC(C)CCC(C)NC1C2(C)CCC(C2)C1(C)C. The van der Waals surface area contributed by atoms with Gasteiger partial charge in [0, 0.05) is 12.1 Å². The van der Waals surface area contributed by atoms with Crippen LogP contribution in [0.25, 0.3) is 0 Å². The van der Waals surface area contributed by atoms with E-state index in [4.69, 9.17) is 0 Å². The Kier molecular flexibility index (Phi) is 3.84. The molecule has 0 saturated heterocycles. The zero-order valence-electron chi connectivity index (χ0n) is 13.3. The predicted molar refractivity (Wildman–Crippen MR) is 79.7 cm³/mol. The van der Waals surface area contributed by atoms with Crippen LogP contribution in [0.1, 0.15) is 73.6 Å². The lowest BCUT2D eigenvalue weighted by atomic mass is 9.68. The molecule has 4 unspecified atom stereocenters. The van der Waals surface area contributed by atoms with Crippen LogP contribution in [0.4, 0.5) is 0 Å². The molecule has 2 bridgehead atoms. The topological polar surface area (TPSA) is 12.0 Å². The molecule has 0 radical (unpaired) electrons. The van der Waals surface area contributed by atoms with Gasteiger partial charge in [-0.3, -0.25) is 0 Å². The van der Waals surface area contributed by atoms with Crippen molar-refractivity contribution < 1.29 is 0 Å². The third-order valence-corrected chi connectivity index (χ3v) is 5.90. The molecule has 2 fully saturated rings. The fourth-order valence-electron chi connectivity index (χ4n) is 4.67. The first-order valence-electron chi connectivity index (χ1n) is 8.02. The molecule has 18 heavy (non-hydrogen) atoms. The molecule has 1 heteroatoms. The zero-order valence-corrected chi connectivity index (χ0v) is 13.3. The summed E-state index contributed by atoms with van der Waals surface area (Å²) in [5, 5.41) is 4.00. The highest BCUT2D eigenvalue weighted by Gasteiger charge is 2.59. The summed E-state index contributed by atoms with van der Waals surface area (Å²) in [6.45, 7) is 14.6. The van der Waals surface area contributed by atoms with Gasteiger partial charge < -0.3 is 5.32 Å². The van der Waals surface area contributed by atoms with Gasteiger partial charge in [0.05, 0.1) is 0 Å². The van der Waals surface area contributed by atoms with Crippen LogP contribution in [0.2, 0.25) is 0 Å². The average molecular weight is 251 g/mol. The maximum absolute atomic E-state index is 4.00. The molecule has 106 valence electrons. The van der Waals surface area contributed by atoms with Crippen molar-refractivity contribution in [3.8, 4) is 0 Å². The average Bonchev–Trinajstić information content (AvgIpc) is 2.73. The normalized spacial score (nSPS) is 39.5. The summed E-state index contributed by atoms with van der Waals surface area (Å²) in [4.78, 5) is 0. The molecule has 4 atom stereocenters. The number of rotatable bonds is 5. The van der Waals surface area contributed by atoms with Crippen molar-refractivity contribution in [1.82, 2.24) is 5.32 Å². The van der Waals surface area contributed by atoms with Crippen LogP contribution in [0, 0.1) is 22.7 Å². The van der Waals surface area contributed by atoms with E-state index in [1.165, 1.54) is 32.1 Å². The third kappa shape index (κ3) is 2.48. The lowest BCUT2D eigenvalue weighted by molar-refractivity contribution is 0.0984. The Bertz CT molecular complexity index is 289. The van der Waals surface area contributed by atoms with Crippen LogP contribution in [-0.4, -0.2) is 12.1 Å². The Labute approximate surface area is 114 Å². The van der Waals surface area contributed by atoms with E-state index in [2.05, 4.69) is 46.9 Å². The second-order valence-corrected chi connectivity index (χ2v) is 8.39. The summed E-state index contributed by atoms with van der Waals surface area (Å²) in [5.41, 5.74) is 1.07. The summed E-state index contributed by atoms with van der Waals surface area (Å²) in [5.74, 6) is 1.79. The van der Waals surface area contributed by atoms with E-state index < -0.39 is 0 Å². The van der Waals surface area contributed by atoms with Crippen molar-refractivity contribution in [3.63, 3.8) is 0 Å². The van der Waals surface area contributed by atoms with Gasteiger partial charge in [-0.2, -0.15) is 0 Å². The van der Waals surface area contributed by atoms with Gasteiger partial charge in [0.15, 0.2) is 0 Å². The van der Waals surface area contributed by atoms with E-state index in [0.29, 0.717) is 16.9 Å². The van der Waals surface area contributed by atoms with Crippen molar-refractivity contribution in [2.24, 2.45) is 22.7 Å². The molecule has 2 aliphatic rings. The third-order valence-electron chi connectivity index (χ3n) is 5.90. The highest BCUT2D eigenvalue weighted by molar-refractivity contribution is 5.12. The number of hydrogen-bond acceptors (Lipinski definition) is 1. The van der Waals surface area contributed by atoms with Crippen LogP contribution in [0.5, 0.6) is 0 Å². The highest BCUT2D eigenvalue weighted by Crippen LogP contribution is 2.62. The minimum absolute atomic E-state index is 0.499. The molecule has 2 rings (SSSR count). The molecule has 1 nitrogen and oxygen atoms in total. The van der Waals surface area contributed by atoms with Gasteiger partial charge in [0.25, 0.3) is 0 Å². The number of hydrogen-bond donors (Lipinski definition) is 1. The number of nitrogens with one attached hydrogen (secondary N) is 1. The lowest BCUT2D eigenvalue weighted by Crippen LogP contribution is -2.53. The van der Waals surface area contributed by atoms with Gasteiger partial charge in [-0.1, -0.05) is 34.6 Å². The molecule has 0 aromatic heterocycles. The summed E-state index contributed by atoms with van der Waals surface area (Å²) < 4.78 is 0. The van der Waals surface area contributed by atoms with Crippen molar-refractivity contribution in [2.45, 2.75) is 85.7 Å². The van der Waals surface area contributed by atoms with Crippen molar-refractivity contribution in [2.75, 3.05) is 0 Å². The molecule has 0 aliphatic heterocycles. The molecule has 2 aliphatic carbocycles. The molecule has 0 aromatic carbocycles. The Morgan fingerprint density at radius 1 is 1.11 bits per heavy atom. The quantitative estimate of drug-likeness (QED) is 0.752. The number of fused-ring (bicyclic) bond motifs is 2. The molecule has 2 saturated carbocycles. The van der Waals surface area contributed by atoms with Crippen LogP contribution in [0.3, 0.4) is 0 Å². The monoisotopic (exact) mass is 251 g/mol. The molecular weight excluding hydrogens is 218 g/mol. The van der Waals surface area contributed by atoms with E-state index in [0.717, 1.165) is 17.9 Å². The second kappa shape index (κ2) is 4.81. The minimum atomic E-state index is 0.499. The summed E-state index contributed by atoms with van der Waals surface area (Å²) in [6, 6.07) is 1.40. The molecule has 0 aromatic rings. The maximum atomic E-state index is 4.00. The van der Waals surface area contributed by atoms with Crippen LogP contribution < -0.4 is 5.32 Å². The van der Waals surface area contributed by atoms with E-state index in [1.54, 1.807) is 0 Å². The Morgan fingerprint density at radius 3 is 2.28 bits per heavy atom. The fourth-order valence-corrected chi connectivity index (χ4v) is 4.67.